The van der Waals surface area contributed by atoms with Gasteiger partial charge in [0.25, 0.3) is 11.8 Å². The highest BCUT2D eigenvalue weighted by atomic mass is 32.3. The van der Waals surface area contributed by atoms with Gasteiger partial charge in [-0.05, 0) is 35.7 Å². The van der Waals surface area contributed by atoms with Gasteiger partial charge in [0, 0.05) is 31.6 Å². The van der Waals surface area contributed by atoms with E-state index in [0.29, 0.717) is 30.0 Å². The number of anilines is 1. The molecule has 3 aliphatic rings. The Morgan fingerprint density at radius 3 is 2.51 bits per heavy atom. The van der Waals surface area contributed by atoms with E-state index in [2.05, 4.69) is 20.9 Å². The van der Waals surface area contributed by atoms with Crippen LogP contribution in [0.15, 0.2) is 53.4 Å². The molecule has 3 aliphatic heterocycles. The number of imide groups is 1. The van der Waals surface area contributed by atoms with Gasteiger partial charge < -0.3 is 20.4 Å². The minimum atomic E-state index is -2.80. The molecule has 5 rings (SSSR count). The molecule has 12 heteroatoms. The first kappa shape index (κ1) is 27.0. The van der Waals surface area contributed by atoms with Gasteiger partial charge in [-0.2, -0.15) is 10.6 Å². The van der Waals surface area contributed by atoms with Crippen LogP contribution < -0.4 is 20.9 Å². The number of amides is 5. The molecular weight excluding hydrogens is 522 g/mol. The molecule has 208 valence electrons. The predicted octanol–water partition coefficient (Wildman–Crippen LogP) is 2.38. The van der Waals surface area contributed by atoms with E-state index in [1.54, 1.807) is 24.3 Å². The molecule has 0 aliphatic carbocycles. The van der Waals surface area contributed by atoms with E-state index in [-0.39, 0.29) is 30.7 Å². The van der Waals surface area contributed by atoms with Crippen LogP contribution in [0, 0.1) is 5.92 Å². The molecule has 5 amide bonds. The lowest BCUT2D eigenvalue weighted by Crippen LogP contribution is -2.62. The number of fused-ring (bicyclic) bond motifs is 1. The highest BCUT2D eigenvalue weighted by molar-refractivity contribution is 8.24. The minimum absolute atomic E-state index is 0.0119. The number of nitrogens with one attached hydrogen (secondary N) is 3. The summed E-state index contributed by atoms with van der Waals surface area (Å²) in [4.78, 5) is 54.8. The Morgan fingerprint density at radius 2 is 1.85 bits per heavy atom. The molecule has 2 saturated heterocycles. The Kier molecular flexibility index (Phi) is 7.04. The molecule has 0 saturated carbocycles. The fourth-order valence-corrected chi connectivity index (χ4v) is 6.93. The molecule has 39 heavy (non-hydrogen) atoms. The molecule has 0 radical (unpaired) electrons. The quantitative estimate of drug-likeness (QED) is 0.343. The van der Waals surface area contributed by atoms with Gasteiger partial charge in [0.15, 0.2) is 5.54 Å². The molecule has 2 atom stereocenters. The third kappa shape index (κ3) is 5.19. The van der Waals surface area contributed by atoms with Crippen LogP contribution in [0.3, 0.4) is 0 Å². The summed E-state index contributed by atoms with van der Waals surface area (Å²) in [5.41, 5.74) is 0.673. The summed E-state index contributed by atoms with van der Waals surface area (Å²) in [6.07, 6.45) is 0.300. The van der Waals surface area contributed by atoms with Gasteiger partial charge in [0.2, 0.25) is 5.91 Å². The maximum absolute atomic E-state index is 13.2. The first-order chi connectivity index (χ1) is 18.5. The molecule has 0 aromatic heterocycles. The number of para-hydroxylation sites is 1. The Labute approximate surface area is 228 Å². The van der Waals surface area contributed by atoms with Crippen LogP contribution in [-0.4, -0.2) is 74.7 Å². The third-order valence-corrected chi connectivity index (χ3v) is 9.24. The Morgan fingerprint density at radius 1 is 1.13 bits per heavy atom. The van der Waals surface area contributed by atoms with E-state index in [4.69, 9.17) is 0 Å². The predicted molar refractivity (Wildman–Crippen MR) is 147 cm³/mol. The molecule has 5 N–H and O–H groups in total. The van der Waals surface area contributed by atoms with Crippen molar-refractivity contribution in [3.63, 3.8) is 0 Å². The zero-order chi connectivity index (χ0) is 27.9. The molecule has 2 unspecified atom stereocenters. The van der Waals surface area contributed by atoms with Gasteiger partial charge in [0.05, 0.1) is 28.9 Å². The number of nitrogens with zero attached hydrogens (tertiary/aromatic N) is 2. The average molecular weight is 556 g/mol. The normalized spacial score (nSPS) is 24.4. The van der Waals surface area contributed by atoms with E-state index >= 15 is 0 Å². The van der Waals surface area contributed by atoms with Gasteiger partial charge in [-0.25, -0.2) is 4.79 Å². The van der Waals surface area contributed by atoms with Crippen LogP contribution in [0.4, 0.5) is 10.5 Å². The Balaban J connectivity index is 1.29. The van der Waals surface area contributed by atoms with Crippen LogP contribution in [0.5, 0.6) is 0 Å². The van der Waals surface area contributed by atoms with Crippen molar-refractivity contribution in [3.05, 3.63) is 59.7 Å². The standard InChI is InChI=1S/C27H33N5O6S/c1-17(2)13-23(33)32-15-22(27(16-32)25(35)29-26(36)30-27)28-24(34)19-9-7-18(8-10-19)14-31-11-12-39(37,38)21-6-4-3-5-20(21)31/h3-10,17,22,37-38H,11-16H2,1-2H3,(H,28,34)(H2,29,30,35,36). The summed E-state index contributed by atoms with van der Waals surface area (Å²) in [5, 5.41) is 7.75. The van der Waals surface area contributed by atoms with E-state index in [0.717, 1.165) is 11.3 Å². The highest BCUT2D eigenvalue weighted by Gasteiger charge is 2.58. The monoisotopic (exact) mass is 555 g/mol. The van der Waals surface area contributed by atoms with Crippen LogP contribution >= 0.6 is 10.6 Å². The van der Waals surface area contributed by atoms with Gasteiger partial charge >= 0.3 is 6.03 Å². The summed E-state index contributed by atoms with van der Waals surface area (Å²) in [7, 11) is -2.80. The Hall–Kier alpha value is -3.61. The van der Waals surface area contributed by atoms with Crippen molar-refractivity contribution in [1.29, 1.82) is 0 Å². The number of carbonyl (C=O) groups is 4. The molecule has 1 spiro atoms. The topological polar surface area (TPSA) is 151 Å². The van der Waals surface area contributed by atoms with Gasteiger partial charge in [-0.15, -0.1) is 0 Å². The van der Waals surface area contributed by atoms with Crippen molar-refractivity contribution in [2.45, 2.75) is 43.3 Å². The second-order valence-electron chi connectivity index (χ2n) is 10.7. The van der Waals surface area contributed by atoms with Gasteiger partial charge in [-0.3, -0.25) is 28.8 Å². The summed E-state index contributed by atoms with van der Waals surface area (Å²) in [6, 6.07) is 12.8. The van der Waals surface area contributed by atoms with Crippen molar-refractivity contribution in [3.8, 4) is 0 Å². The molecule has 2 aromatic carbocycles. The fraction of sp³-hybridized carbons (Fsp3) is 0.407. The van der Waals surface area contributed by atoms with Crippen molar-refractivity contribution in [2.24, 2.45) is 5.92 Å². The van der Waals surface area contributed by atoms with Crippen molar-refractivity contribution >= 4 is 40.0 Å². The minimum Gasteiger partial charge on any atom is -0.364 e. The van der Waals surface area contributed by atoms with Crippen molar-refractivity contribution < 1.29 is 28.3 Å². The third-order valence-electron chi connectivity index (χ3n) is 7.44. The molecule has 3 heterocycles. The zero-order valence-corrected chi connectivity index (χ0v) is 22.7. The summed E-state index contributed by atoms with van der Waals surface area (Å²) < 4.78 is 20.8. The maximum Gasteiger partial charge on any atom is 0.322 e. The lowest BCUT2D eigenvalue weighted by atomic mass is 9.93. The lowest BCUT2D eigenvalue weighted by Gasteiger charge is -2.43. The van der Waals surface area contributed by atoms with Crippen LogP contribution in [0.2, 0.25) is 0 Å². The van der Waals surface area contributed by atoms with E-state index in [1.165, 1.54) is 4.90 Å². The van der Waals surface area contributed by atoms with E-state index in [1.807, 2.05) is 38.1 Å². The second kappa shape index (κ2) is 10.2. The molecule has 0 bridgehead atoms. The van der Waals surface area contributed by atoms with E-state index < -0.39 is 40.0 Å². The highest BCUT2D eigenvalue weighted by Crippen LogP contribution is 2.55. The number of hydrogen-bond acceptors (Lipinski definition) is 7. The maximum atomic E-state index is 13.2. The number of benzene rings is 2. The molecule has 11 nitrogen and oxygen atoms in total. The Bertz CT molecular complexity index is 1320. The number of likely N-dealkylation sites (tertiary alicyclic amines) is 1. The van der Waals surface area contributed by atoms with E-state index in [9.17, 15) is 28.3 Å². The number of hydrogen-bond donors (Lipinski definition) is 5. The number of rotatable bonds is 6. The van der Waals surface area contributed by atoms with Crippen LogP contribution in [0.1, 0.15) is 36.2 Å². The van der Waals surface area contributed by atoms with Crippen LogP contribution in [0.25, 0.3) is 0 Å². The van der Waals surface area contributed by atoms with Crippen molar-refractivity contribution in [2.75, 3.05) is 30.3 Å². The number of urea groups is 1. The summed E-state index contributed by atoms with van der Waals surface area (Å²) in [6.45, 7) is 4.96. The average Bonchev–Trinajstić information content (AvgIpc) is 3.39. The summed E-state index contributed by atoms with van der Waals surface area (Å²) in [5.74, 6) is -0.738. The molecule has 2 aromatic rings. The summed E-state index contributed by atoms with van der Waals surface area (Å²) >= 11 is 0. The zero-order valence-electron chi connectivity index (χ0n) is 21.8. The second-order valence-corrected chi connectivity index (χ2v) is 12.9. The molecule has 2 fully saturated rings. The first-order valence-corrected chi connectivity index (χ1v) is 14.6. The van der Waals surface area contributed by atoms with Crippen LogP contribution in [-0.2, 0) is 16.1 Å². The largest absolute Gasteiger partial charge is 0.364 e. The lowest BCUT2D eigenvalue weighted by molar-refractivity contribution is -0.131. The van der Waals surface area contributed by atoms with Gasteiger partial charge in [0.1, 0.15) is 0 Å². The first-order valence-electron chi connectivity index (χ1n) is 12.9. The SMILES string of the molecule is CC(C)CC(=O)N1CC(NC(=O)c2ccc(CN3CCS(O)(O)c4ccccc43)cc2)C2(C1)NC(=O)NC2=O. The van der Waals surface area contributed by atoms with Crippen molar-refractivity contribution in [1.82, 2.24) is 20.9 Å². The van der Waals surface area contributed by atoms with Gasteiger partial charge in [-0.1, -0.05) is 38.1 Å². The molecular formula is C27H33N5O6S. The smallest absolute Gasteiger partial charge is 0.322 e. The number of carbonyl (C=O) groups excluding carboxylic acids is 4. The fourth-order valence-electron chi connectivity index (χ4n) is 5.40.